The van der Waals surface area contributed by atoms with Gasteiger partial charge >= 0.3 is 0 Å². The van der Waals surface area contributed by atoms with Gasteiger partial charge in [0.05, 0.1) is 12.6 Å². The fourth-order valence-corrected chi connectivity index (χ4v) is 2.98. The summed E-state index contributed by atoms with van der Waals surface area (Å²) in [6.45, 7) is 8.30. The van der Waals surface area contributed by atoms with Crippen LogP contribution in [0.25, 0.3) is 0 Å². The van der Waals surface area contributed by atoms with Crippen molar-refractivity contribution < 1.29 is 4.52 Å². The predicted octanol–water partition coefficient (Wildman–Crippen LogP) is 2.62. The van der Waals surface area contributed by atoms with Gasteiger partial charge in [-0.25, -0.2) is 0 Å². The van der Waals surface area contributed by atoms with Crippen molar-refractivity contribution in [1.82, 2.24) is 24.8 Å². The quantitative estimate of drug-likeness (QED) is 0.846. The lowest BCUT2D eigenvalue weighted by Crippen LogP contribution is -2.35. The first-order valence-electron chi connectivity index (χ1n) is 7.72. The summed E-state index contributed by atoms with van der Waals surface area (Å²) in [6.07, 6.45) is 6.25. The topological polar surface area (TPSA) is 60.0 Å². The molecule has 1 fully saturated rings. The molecule has 6 heteroatoms. The van der Waals surface area contributed by atoms with Gasteiger partial charge in [0.15, 0.2) is 5.82 Å². The third-order valence-corrected chi connectivity index (χ3v) is 4.21. The van der Waals surface area contributed by atoms with Crippen LogP contribution in [0.3, 0.4) is 0 Å². The average Bonchev–Trinajstić information content (AvgIpc) is 3.20. The predicted molar refractivity (Wildman–Crippen MR) is 78.8 cm³/mol. The van der Waals surface area contributed by atoms with E-state index in [0.717, 1.165) is 24.8 Å². The second-order valence-electron chi connectivity index (χ2n) is 6.08. The number of nitrogens with zero attached hydrogens (tertiary/aromatic N) is 5. The van der Waals surface area contributed by atoms with Crippen LogP contribution in [0.2, 0.25) is 0 Å². The summed E-state index contributed by atoms with van der Waals surface area (Å²) in [4.78, 5) is 7.00. The van der Waals surface area contributed by atoms with Crippen molar-refractivity contribution in [3.63, 3.8) is 0 Å². The maximum Gasteiger partial charge on any atom is 0.243 e. The molecule has 0 radical (unpaired) electrons. The van der Waals surface area contributed by atoms with E-state index in [0.29, 0.717) is 12.0 Å². The van der Waals surface area contributed by atoms with Crippen molar-refractivity contribution in [3.05, 3.63) is 30.2 Å². The van der Waals surface area contributed by atoms with Crippen LogP contribution in [0.1, 0.15) is 57.3 Å². The minimum Gasteiger partial charge on any atom is -0.338 e. The molecule has 21 heavy (non-hydrogen) atoms. The average molecular weight is 289 g/mol. The zero-order valence-corrected chi connectivity index (χ0v) is 12.9. The summed E-state index contributed by atoms with van der Waals surface area (Å²) in [7, 11) is 0. The molecule has 114 valence electrons. The second kappa shape index (κ2) is 5.97. The summed E-state index contributed by atoms with van der Waals surface area (Å²) in [6, 6.07) is 2.61. The van der Waals surface area contributed by atoms with Gasteiger partial charge in [-0.05, 0) is 32.4 Å². The van der Waals surface area contributed by atoms with Crippen LogP contribution < -0.4 is 0 Å². The minimum atomic E-state index is 0.160. The number of hydrogen-bond donors (Lipinski definition) is 0. The first-order valence-corrected chi connectivity index (χ1v) is 7.72. The van der Waals surface area contributed by atoms with Gasteiger partial charge in [-0.2, -0.15) is 10.1 Å². The summed E-state index contributed by atoms with van der Waals surface area (Å²) >= 11 is 0. The maximum absolute atomic E-state index is 5.46. The standard InChI is InChI=1S/C15H23N5O/c1-11(2)14-17-15(21-18-14)12(3)20-9-4-6-13(20)10-19-8-5-7-16-19/h5,7-8,11-13H,4,6,9-10H2,1-3H3. The molecule has 0 bridgehead atoms. The van der Waals surface area contributed by atoms with Gasteiger partial charge in [0.1, 0.15) is 0 Å². The molecule has 1 saturated heterocycles. The van der Waals surface area contributed by atoms with Gasteiger partial charge in [0.25, 0.3) is 0 Å². The molecule has 0 saturated carbocycles. The third-order valence-electron chi connectivity index (χ3n) is 4.21. The van der Waals surface area contributed by atoms with Gasteiger partial charge in [-0.1, -0.05) is 19.0 Å². The number of likely N-dealkylation sites (tertiary alicyclic amines) is 1. The Bertz CT molecular complexity index is 562. The Morgan fingerprint density at radius 3 is 2.90 bits per heavy atom. The first kappa shape index (κ1) is 14.3. The fourth-order valence-electron chi connectivity index (χ4n) is 2.98. The SMILES string of the molecule is CC(C)c1noc(C(C)N2CCCC2Cn2cccn2)n1. The van der Waals surface area contributed by atoms with Crippen LogP contribution in [-0.4, -0.2) is 37.4 Å². The molecule has 2 aromatic heterocycles. The Morgan fingerprint density at radius 1 is 1.38 bits per heavy atom. The first-order chi connectivity index (χ1) is 10.1. The molecule has 3 heterocycles. The molecule has 3 rings (SSSR count). The molecule has 0 N–H and O–H groups in total. The molecule has 0 aromatic carbocycles. The van der Waals surface area contributed by atoms with E-state index < -0.39 is 0 Å². The maximum atomic E-state index is 5.46. The van der Waals surface area contributed by atoms with Crippen molar-refractivity contribution >= 4 is 0 Å². The Hall–Kier alpha value is -1.69. The minimum absolute atomic E-state index is 0.160. The lowest BCUT2D eigenvalue weighted by Gasteiger charge is -2.28. The molecule has 2 aromatic rings. The summed E-state index contributed by atoms with van der Waals surface area (Å²) in [5, 5.41) is 8.39. The normalized spacial score (nSPS) is 21.2. The van der Waals surface area contributed by atoms with Gasteiger partial charge < -0.3 is 4.52 Å². The Balaban J connectivity index is 1.71. The zero-order chi connectivity index (χ0) is 14.8. The van der Waals surface area contributed by atoms with E-state index in [1.54, 1.807) is 0 Å². The van der Waals surface area contributed by atoms with Gasteiger partial charge in [0, 0.05) is 24.4 Å². The lowest BCUT2D eigenvalue weighted by molar-refractivity contribution is 0.144. The van der Waals surface area contributed by atoms with Crippen LogP contribution in [0, 0.1) is 0 Å². The van der Waals surface area contributed by atoms with E-state index in [9.17, 15) is 0 Å². The van der Waals surface area contributed by atoms with Crippen molar-refractivity contribution in [1.29, 1.82) is 0 Å². The highest BCUT2D eigenvalue weighted by Gasteiger charge is 2.32. The molecular weight excluding hydrogens is 266 g/mol. The van der Waals surface area contributed by atoms with Crippen LogP contribution in [0.5, 0.6) is 0 Å². The largest absolute Gasteiger partial charge is 0.338 e. The van der Waals surface area contributed by atoms with Crippen LogP contribution in [0.15, 0.2) is 23.0 Å². The zero-order valence-electron chi connectivity index (χ0n) is 12.9. The third kappa shape index (κ3) is 3.00. The summed E-state index contributed by atoms with van der Waals surface area (Å²) < 4.78 is 7.46. The highest BCUT2D eigenvalue weighted by atomic mass is 16.5. The molecular formula is C15H23N5O. The molecule has 2 unspecified atom stereocenters. The van der Waals surface area contributed by atoms with E-state index in [1.165, 1.54) is 12.8 Å². The molecule has 0 amide bonds. The number of hydrogen-bond acceptors (Lipinski definition) is 5. The van der Waals surface area contributed by atoms with Crippen LogP contribution in [-0.2, 0) is 6.54 Å². The second-order valence-corrected chi connectivity index (χ2v) is 6.08. The Kier molecular flexibility index (Phi) is 4.05. The monoisotopic (exact) mass is 289 g/mol. The van der Waals surface area contributed by atoms with E-state index in [2.05, 4.69) is 40.9 Å². The van der Waals surface area contributed by atoms with Crippen LogP contribution in [0.4, 0.5) is 0 Å². The molecule has 1 aliphatic rings. The smallest absolute Gasteiger partial charge is 0.243 e. The number of aromatic nitrogens is 4. The molecule has 2 atom stereocenters. The van der Waals surface area contributed by atoms with Gasteiger partial charge in [-0.3, -0.25) is 9.58 Å². The fraction of sp³-hybridized carbons (Fsp3) is 0.667. The summed E-state index contributed by atoms with van der Waals surface area (Å²) in [5.41, 5.74) is 0. The van der Waals surface area contributed by atoms with Crippen LogP contribution >= 0.6 is 0 Å². The summed E-state index contributed by atoms with van der Waals surface area (Å²) in [5.74, 6) is 1.82. The highest BCUT2D eigenvalue weighted by Crippen LogP contribution is 2.29. The van der Waals surface area contributed by atoms with Crippen molar-refractivity contribution in [3.8, 4) is 0 Å². The number of rotatable bonds is 5. The molecule has 6 nitrogen and oxygen atoms in total. The van der Waals surface area contributed by atoms with Crippen molar-refractivity contribution in [2.45, 2.75) is 58.2 Å². The van der Waals surface area contributed by atoms with Gasteiger partial charge in [0.2, 0.25) is 5.89 Å². The molecule has 0 spiro atoms. The Labute approximate surface area is 125 Å². The van der Waals surface area contributed by atoms with E-state index in [-0.39, 0.29) is 6.04 Å². The highest BCUT2D eigenvalue weighted by molar-refractivity contribution is 4.98. The molecule has 0 aliphatic carbocycles. The lowest BCUT2D eigenvalue weighted by atomic mass is 10.2. The molecule has 1 aliphatic heterocycles. The van der Waals surface area contributed by atoms with Crippen molar-refractivity contribution in [2.75, 3.05) is 6.54 Å². The Morgan fingerprint density at radius 2 is 2.24 bits per heavy atom. The van der Waals surface area contributed by atoms with E-state index in [4.69, 9.17) is 4.52 Å². The van der Waals surface area contributed by atoms with E-state index in [1.807, 2.05) is 23.1 Å². The van der Waals surface area contributed by atoms with Gasteiger partial charge in [-0.15, -0.1) is 0 Å². The van der Waals surface area contributed by atoms with E-state index >= 15 is 0 Å². The van der Waals surface area contributed by atoms with Crippen molar-refractivity contribution in [2.24, 2.45) is 0 Å².